The zero-order valence-corrected chi connectivity index (χ0v) is 16.4. The number of rotatable bonds is 7. The van der Waals surface area contributed by atoms with Crippen molar-refractivity contribution in [1.29, 1.82) is 0 Å². The molecule has 1 N–H and O–H groups in total. The van der Waals surface area contributed by atoms with Gasteiger partial charge in [0.2, 0.25) is 0 Å². The molecular formula is C22H20FNO3S. The maximum absolute atomic E-state index is 13.1. The number of hydrogen-bond donors (Lipinski definition) is 1. The summed E-state index contributed by atoms with van der Waals surface area (Å²) in [6.07, 6.45) is 0. The van der Waals surface area contributed by atoms with Crippen LogP contribution >= 0.6 is 11.8 Å². The van der Waals surface area contributed by atoms with Crippen LogP contribution in [0.1, 0.15) is 15.9 Å². The molecule has 0 aliphatic rings. The van der Waals surface area contributed by atoms with E-state index in [0.29, 0.717) is 28.5 Å². The van der Waals surface area contributed by atoms with Crippen LogP contribution in [0, 0.1) is 5.82 Å². The summed E-state index contributed by atoms with van der Waals surface area (Å²) in [5.74, 6) is 1.30. The number of methoxy groups -OCH3 is 2. The zero-order valence-electron chi connectivity index (χ0n) is 15.6. The molecule has 0 radical (unpaired) electrons. The molecule has 0 heterocycles. The number of thioether (sulfide) groups is 1. The monoisotopic (exact) mass is 397 g/mol. The van der Waals surface area contributed by atoms with Crippen molar-refractivity contribution in [3.05, 3.63) is 83.7 Å². The summed E-state index contributed by atoms with van der Waals surface area (Å²) in [5.41, 5.74) is 2.17. The number of carbonyl (C=O) groups excluding carboxylic acids is 1. The van der Waals surface area contributed by atoms with Gasteiger partial charge in [0, 0.05) is 22.4 Å². The summed E-state index contributed by atoms with van der Waals surface area (Å²) in [7, 11) is 3.11. The molecule has 0 bridgehead atoms. The van der Waals surface area contributed by atoms with Crippen LogP contribution in [0.2, 0.25) is 0 Å². The van der Waals surface area contributed by atoms with Crippen LogP contribution in [0.4, 0.5) is 10.1 Å². The number of ether oxygens (including phenoxy) is 2. The first-order valence-corrected chi connectivity index (χ1v) is 9.59. The molecule has 0 aliphatic carbocycles. The summed E-state index contributed by atoms with van der Waals surface area (Å²) >= 11 is 1.53. The summed E-state index contributed by atoms with van der Waals surface area (Å²) in [6, 6.07) is 19.0. The molecule has 0 spiro atoms. The van der Waals surface area contributed by atoms with E-state index in [2.05, 4.69) is 5.32 Å². The van der Waals surface area contributed by atoms with E-state index >= 15 is 0 Å². The van der Waals surface area contributed by atoms with Crippen molar-refractivity contribution in [2.24, 2.45) is 0 Å². The van der Waals surface area contributed by atoms with Crippen LogP contribution in [-0.2, 0) is 5.75 Å². The lowest BCUT2D eigenvalue weighted by atomic mass is 10.2. The van der Waals surface area contributed by atoms with E-state index in [1.165, 1.54) is 23.9 Å². The average Bonchev–Trinajstić information content (AvgIpc) is 2.73. The lowest BCUT2D eigenvalue weighted by Gasteiger charge is -2.12. The number of halogens is 1. The van der Waals surface area contributed by atoms with Gasteiger partial charge in [0.25, 0.3) is 5.91 Å². The van der Waals surface area contributed by atoms with Crippen LogP contribution in [0.15, 0.2) is 71.6 Å². The topological polar surface area (TPSA) is 47.6 Å². The Balaban J connectivity index is 1.74. The van der Waals surface area contributed by atoms with Crippen LogP contribution in [0.3, 0.4) is 0 Å². The van der Waals surface area contributed by atoms with E-state index in [1.54, 1.807) is 50.6 Å². The Hall–Kier alpha value is -2.99. The first-order chi connectivity index (χ1) is 13.6. The molecule has 0 saturated carbocycles. The number of benzene rings is 3. The van der Waals surface area contributed by atoms with E-state index in [1.807, 2.05) is 18.2 Å². The SMILES string of the molecule is COc1ccc(NC(=O)c2ccccc2SCc2ccc(F)cc2)cc1OC. The van der Waals surface area contributed by atoms with Crippen molar-refractivity contribution in [2.75, 3.05) is 19.5 Å². The van der Waals surface area contributed by atoms with Gasteiger partial charge in [-0.1, -0.05) is 24.3 Å². The molecule has 0 aromatic heterocycles. The fourth-order valence-corrected chi connectivity index (χ4v) is 3.64. The van der Waals surface area contributed by atoms with Gasteiger partial charge < -0.3 is 14.8 Å². The second-order valence-corrected chi connectivity index (χ2v) is 6.95. The summed E-state index contributed by atoms with van der Waals surface area (Å²) < 4.78 is 23.5. The van der Waals surface area contributed by atoms with Crippen molar-refractivity contribution in [2.45, 2.75) is 10.6 Å². The van der Waals surface area contributed by atoms with Gasteiger partial charge in [0.15, 0.2) is 11.5 Å². The maximum atomic E-state index is 13.1. The second kappa shape index (κ2) is 9.28. The van der Waals surface area contributed by atoms with Crippen LogP contribution in [0.5, 0.6) is 11.5 Å². The lowest BCUT2D eigenvalue weighted by molar-refractivity contribution is 0.102. The van der Waals surface area contributed by atoms with Crippen molar-refractivity contribution >= 4 is 23.4 Å². The predicted octanol–water partition coefficient (Wildman–Crippen LogP) is 5.39. The molecular weight excluding hydrogens is 377 g/mol. The van der Waals surface area contributed by atoms with Gasteiger partial charge >= 0.3 is 0 Å². The van der Waals surface area contributed by atoms with Gasteiger partial charge in [-0.25, -0.2) is 4.39 Å². The minimum absolute atomic E-state index is 0.213. The Morgan fingerprint density at radius 3 is 2.39 bits per heavy atom. The fourth-order valence-electron chi connectivity index (χ4n) is 2.63. The highest BCUT2D eigenvalue weighted by Gasteiger charge is 2.13. The number of anilines is 1. The Bertz CT molecular complexity index is 960. The summed E-state index contributed by atoms with van der Waals surface area (Å²) in [5, 5.41) is 2.89. The third-order valence-corrected chi connectivity index (χ3v) is 5.23. The number of hydrogen-bond acceptors (Lipinski definition) is 4. The molecule has 0 saturated heterocycles. The molecule has 0 aliphatic heterocycles. The molecule has 3 aromatic carbocycles. The molecule has 0 unspecified atom stereocenters. The molecule has 0 fully saturated rings. The van der Waals surface area contributed by atoms with Gasteiger partial charge in [-0.15, -0.1) is 11.8 Å². The van der Waals surface area contributed by atoms with Gasteiger partial charge in [-0.2, -0.15) is 0 Å². The van der Waals surface area contributed by atoms with Gasteiger partial charge in [0.05, 0.1) is 19.8 Å². The lowest BCUT2D eigenvalue weighted by Crippen LogP contribution is -2.13. The Kier molecular flexibility index (Phi) is 6.55. The smallest absolute Gasteiger partial charge is 0.256 e. The minimum Gasteiger partial charge on any atom is -0.493 e. The average molecular weight is 397 g/mol. The van der Waals surface area contributed by atoms with Crippen LogP contribution in [0.25, 0.3) is 0 Å². The Labute approximate surface area is 167 Å². The quantitative estimate of drug-likeness (QED) is 0.543. The van der Waals surface area contributed by atoms with Crippen molar-refractivity contribution in [1.82, 2.24) is 0 Å². The molecule has 4 nitrogen and oxygen atoms in total. The zero-order chi connectivity index (χ0) is 19.9. The van der Waals surface area contributed by atoms with E-state index in [9.17, 15) is 9.18 Å². The van der Waals surface area contributed by atoms with Crippen molar-refractivity contribution in [3.63, 3.8) is 0 Å². The van der Waals surface area contributed by atoms with E-state index < -0.39 is 0 Å². The number of carbonyl (C=O) groups is 1. The highest BCUT2D eigenvalue weighted by molar-refractivity contribution is 7.98. The standard InChI is InChI=1S/C22H20FNO3S/c1-26-19-12-11-17(13-20(19)27-2)24-22(25)18-5-3-4-6-21(18)28-14-15-7-9-16(23)10-8-15/h3-13H,14H2,1-2H3,(H,24,25). The highest BCUT2D eigenvalue weighted by atomic mass is 32.2. The normalized spacial score (nSPS) is 10.4. The molecule has 0 atom stereocenters. The van der Waals surface area contributed by atoms with Gasteiger partial charge in [-0.05, 0) is 42.0 Å². The van der Waals surface area contributed by atoms with Crippen molar-refractivity contribution in [3.8, 4) is 11.5 Å². The summed E-state index contributed by atoms with van der Waals surface area (Å²) in [4.78, 5) is 13.7. The van der Waals surface area contributed by atoms with E-state index in [0.717, 1.165) is 10.5 Å². The third kappa shape index (κ3) is 4.84. The summed E-state index contributed by atoms with van der Waals surface area (Å²) in [6.45, 7) is 0. The third-order valence-electron chi connectivity index (χ3n) is 4.08. The molecule has 3 aromatic rings. The Morgan fingerprint density at radius 1 is 0.964 bits per heavy atom. The fraction of sp³-hybridized carbons (Fsp3) is 0.136. The minimum atomic E-state index is -0.261. The van der Waals surface area contributed by atoms with E-state index in [-0.39, 0.29) is 11.7 Å². The molecule has 1 amide bonds. The Morgan fingerprint density at radius 2 is 1.68 bits per heavy atom. The second-order valence-electron chi connectivity index (χ2n) is 5.94. The molecule has 6 heteroatoms. The van der Waals surface area contributed by atoms with E-state index in [4.69, 9.17) is 9.47 Å². The van der Waals surface area contributed by atoms with Crippen LogP contribution < -0.4 is 14.8 Å². The number of amides is 1. The van der Waals surface area contributed by atoms with Crippen LogP contribution in [-0.4, -0.2) is 20.1 Å². The first kappa shape index (κ1) is 19.8. The first-order valence-electron chi connectivity index (χ1n) is 8.60. The van der Waals surface area contributed by atoms with Crippen molar-refractivity contribution < 1.29 is 18.7 Å². The molecule has 3 rings (SSSR count). The predicted molar refractivity (Wildman–Crippen MR) is 110 cm³/mol. The number of nitrogens with one attached hydrogen (secondary N) is 1. The maximum Gasteiger partial charge on any atom is 0.256 e. The molecule has 28 heavy (non-hydrogen) atoms. The molecule has 144 valence electrons. The highest BCUT2D eigenvalue weighted by Crippen LogP contribution is 2.31. The van der Waals surface area contributed by atoms with Gasteiger partial charge in [-0.3, -0.25) is 4.79 Å². The van der Waals surface area contributed by atoms with Gasteiger partial charge in [0.1, 0.15) is 5.82 Å². The largest absolute Gasteiger partial charge is 0.493 e.